The Balaban J connectivity index is 2.05. The van der Waals surface area contributed by atoms with Crippen molar-refractivity contribution in [2.45, 2.75) is 33.4 Å². The Morgan fingerprint density at radius 1 is 1.11 bits per heavy atom. The molecule has 0 aliphatic rings. The maximum Gasteiger partial charge on any atom is 0.141 e. The molecule has 0 bridgehead atoms. The number of hydrogen-bond acceptors (Lipinski definition) is 3. The Bertz CT molecular complexity index is 473. The van der Waals surface area contributed by atoms with Gasteiger partial charge >= 0.3 is 0 Å². The van der Waals surface area contributed by atoms with Crippen molar-refractivity contribution in [3.63, 3.8) is 0 Å². The molecule has 2 rings (SSSR count). The molecule has 0 atom stereocenters. The number of nitrogens with one attached hydrogen (secondary N) is 1. The second-order valence-corrected chi connectivity index (χ2v) is 4.28. The third kappa shape index (κ3) is 3.17. The third-order valence-corrected chi connectivity index (χ3v) is 2.99. The maximum atomic E-state index is 4.27. The van der Waals surface area contributed by atoms with Crippen LogP contribution in [0.1, 0.15) is 30.8 Å². The molecule has 0 unspecified atom stereocenters. The third-order valence-electron chi connectivity index (χ3n) is 2.99. The highest BCUT2D eigenvalue weighted by Crippen LogP contribution is 2.07. The molecule has 4 heteroatoms. The topological polar surface area (TPSA) is 42.7 Å². The van der Waals surface area contributed by atoms with Gasteiger partial charge in [0, 0.05) is 0 Å². The number of benzene rings is 1. The first kappa shape index (κ1) is 12.8. The summed E-state index contributed by atoms with van der Waals surface area (Å²) in [5.41, 5.74) is 2.63. The Hall–Kier alpha value is -1.68. The van der Waals surface area contributed by atoms with Crippen LogP contribution < -0.4 is 5.32 Å². The fraction of sp³-hybridized carbons (Fsp3) is 0.429. The Morgan fingerprint density at radius 3 is 2.50 bits per heavy atom. The lowest BCUT2D eigenvalue weighted by Crippen LogP contribution is -2.17. The lowest BCUT2D eigenvalue weighted by Gasteiger charge is -2.07. The van der Waals surface area contributed by atoms with Crippen LogP contribution in [0.2, 0.25) is 0 Å². The summed E-state index contributed by atoms with van der Waals surface area (Å²) >= 11 is 0. The minimum absolute atomic E-state index is 0.767. The van der Waals surface area contributed by atoms with Crippen molar-refractivity contribution in [1.82, 2.24) is 20.1 Å². The zero-order valence-electron chi connectivity index (χ0n) is 11.1. The lowest BCUT2D eigenvalue weighted by atomic mass is 10.1. The fourth-order valence-electron chi connectivity index (χ4n) is 1.85. The van der Waals surface area contributed by atoms with E-state index in [4.69, 9.17) is 0 Å². The highest BCUT2D eigenvalue weighted by atomic mass is 15.3. The number of aromatic nitrogens is 3. The van der Waals surface area contributed by atoms with Crippen molar-refractivity contribution in [1.29, 1.82) is 0 Å². The van der Waals surface area contributed by atoms with E-state index in [-0.39, 0.29) is 0 Å². The summed E-state index contributed by atoms with van der Waals surface area (Å²) in [6.07, 6.45) is 2.70. The van der Waals surface area contributed by atoms with E-state index in [1.165, 1.54) is 11.1 Å². The Morgan fingerprint density at radius 2 is 1.83 bits per heavy atom. The van der Waals surface area contributed by atoms with Crippen LogP contribution >= 0.6 is 0 Å². The number of nitrogens with zero attached hydrogens (tertiary/aromatic N) is 3. The molecular formula is C14H20N4. The first-order valence-electron chi connectivity index (χ1n) is 6.48. The molecule has 0 amide bonds. The average molecular weight is 244 g/mol. The number of hydrogen-bond donors (Lipinski definition) is 1. The molecule has 96 valence electrons. The van der Waals surface area contributed by atoms with Crippen molar-refractivity contribution in [2.75, 3.05) is 6.54 Å². The van der Waals surface area contributed by atoms with E-state index in [0.29, 0.717) is 0 Å². The predicted molar refractivity (Wildman–Crippen MR) is 72.3 cm³/mol. The SMILES string of the molecule is CCNCc1ncnn1Cc1ccc(CC)cc1. The summed E-state index contributed by atoms with van der Waals surface area (Å²) in [5, 5.41) is 7.54. The van der Waals surface area contributed by atoms with Gasteiger partial charge in [0.1, 0.15) is 12.2 Å². The molecule has 0 radical (unpaired) electrons. The second-order valence-electron chi connectivity index (χ2n) is 4.28. The monoisotopic (exact) mass is 244 g/mol. The Kier molecular flexibility index (Phi) is 4.47. The predicted octanol–water partition coefficient (Wildman–Crippen LogP) is 2.00. The van der Waals surface area contributed by atoms with Gasteiger partial charge in [0.15, 0.2) is 0 Å². The molecule has 0 aliphatic heterocycles. The standard InChI is InChI=1S/C14H20N4/c1-3-12-5-7-13(8-6-12)10-18-14(9-15-4-2)16-11-17-18/h5-8,11,15H,3-4,9-10H2,1-2H3. The molecule has 2 aromatic rings. The second kappa shape index (κ2) is 6.31. The molecular weight excluding hydrogens is 224 g/mol. The molecule has 1 N–H and O–H groups in total. The maximum absolute atomic E-state index is 4.27. The quantitative estimate of drug-likeness (QED) is 0.845. The van der Waals surface area contributed by atoms with Crippen LogP contribution in [-0.4, -0.2) is 21.3 Å². The van der Waals surface area contributed by atoms with Crippen molar-refractivity contribution >= 4 is 0 Å². The van der Waals surface area contributed by atoms with Crippen LogP contribution in [0.3, 0.4) is 0 Å². The molecule has 18 heavy (non-hydrogen) atoms. The molecule has 0 fully saturated rings. The highest BCUT2D eigenvalue weighted by molar-refractivity contribution is 5.22. The lowest BCUT2D eigenvalue weighted by molar-refractivity contribution is 0.595. The van der Waals surface area contributed by atoms with Gasteiger partial charge in [0.25, 0.3) is 0 Å². The van der Waals surface area contributed by atoms with Gasteiger partial charge < -0.3 is 5.32 Å². The van der Waals surface area contributed by atoms with Crippen LogP contribution in [0.25, 0.3) is 0 Å². The van der Waals surface area contributed by atoms with Crippen molar-refractivity contribution in [3.8, 4) is 0 Å². The van der Waals surface area contributed by atoms with E-state index in [1.54, 1.807) is 6.33 Å². The van der Waals surface area contributed by atoms with Gasteiger partial charge in [-0.1, -0.05) is 38.1 Å². The summed E-state index contributed by atoms with van der Waals surface area (Å²) in [5.74, 6) is 0.983. The number of rotatable bonds is 6. The van der Waals surface area contributed by atoms with Gasteiger partial charge in [-0.2, -0.15) is 5.10 Å². The molecule has 1 aromatic heterocycles. The fourth-order valence-corrected chi connectivity index (χ4v) is 1.85. The van der Waals surface area contributed by atoms with Gasteiger partial charge in [0.2, 0.25) is 0 Å². The largest absolute Gasteiger partial charge is 0.310 e. The van der Waals surface area contributed by atoms with E-state index in [2.05, 4.69) is 53.5 Å². The average Bonchev–Trinajstić information content (AvgIpc) is 2.84. The normalized spacial score (nSPS) is 10.8. The van der Waals surface area contributed by atoms with Gasteiger partial charge in [-0.15, -0.1) is 0 Å². The van der Waals surface area contributed by atoms with E-state index >= 15 is 0 Å². The van der Waals surface area contributed by atoms with Crippen molar-refractivity contribution < 1.29 is 0 Å². The van der Waals surface area contributed by atoms with Crippen LogP contribution in [0.4, 0.5) is 0 Å². The van der Waals surface area contributed by atoms with Gasteiger partial charge in [-0.05, 0) is 24.1 Å². The molecule has 0 spiro atoms. The summed E-state index contributed by atoms with van der Waals surface area (Å²) in [4.78, 5) is 4.27. The van der Waals surface area contributed by atoms with Gasteiger partial charge in [-0.25, -0.2) is 9.67 Å². The molecule has 1 aromatic carbocycles. The van der Waals surface area contributed by atoms with Gasteiger partial charge in [0.05, 0.1) is 13.1 Å². The van der Waals surface area contributed by atoms with Gasteiger partial charge in [-0.3, -0.25) is 0 Å². The smallest absolute Gasteiger partial charge is 0.141 e. The zero-order valence-corrected chi connectivity index (χ0v) is 11.1. The van der Waals surface area contributed by atoms with Crippen LogP contribution in [0.5, 0.6) is 0 Å². The molecule has 0 aliphatic carbocycles. The Labute approximate surface area is 108 Å². The molecule has 1 heterocycles. The van der Waals surface area contributed by atoms with Crippen LogP contribution in [0, 0.1) is 0 Å². The molecule has 0 saturated carbocycles. The molecule has 0 saturated heterocycles. The minimum Gasteiger partial charge on any atom is -0.310 e. The van der Waals surface area contributed by atoms with Crippen molar-refractivity contribution in [3.05, 3.63) is 47.5 Å². The van der Waals surface area contributed by atoms with E-state index in [1.807, 2.05) is 4.68 Å². The summed E-state index contributed by atoms with van der Waals surface area (Å²) in [6, 6.07) is 8.68. The van der Waals surface area contributed by atoms with Crippen LogP contribution in [0.15, 0.2) is 30.6 Å². The first-order chi connectivity index (χ1) is 8.83. The van der Waals surface area contributed by atoms with E-state index in [9.17, 15) is 0 Å². The van der Waals surface area contributed by atoms with E-state index in [0.717, 1.165) is 31.9 Å². The van der Waals surface area contributed by atoms with E-state index < -0.39 is 0 Å². The summed E-state index contributed by atoms with van der Waals surface area (Å²) in [6.45, 7) is 6.75. The zero-order chi connectivity index (χ0) is 12.8. The first-order valence-corrected chi connectivity index (χ1v) is 6.48. The van der Waals surface area contributed by atoms with Crippen LogP contribution in [-0.2, 0) is 19.5 Å². The summed E-state index contributed by atoms with van der Waals surface area (Å²) in [7, 11) is 0. The summed E-state index contributed by atoms with van der Waals surface area (Å²) < 4.78 is 1.95. The number of aryl methyl sites for hydroxylation is 1. The molecule has 4 nitrogen and oxygen atoms in total. The van der Waals surface area contributed by atoms with Crippen molar-refractivity contribution in [2.24, 2.45) is 0 Å². The highest BCUT2D eigenvalue weighted by Gasteiger charge is 2.04. The minimum atomic E-state index is 0.767.